The number of ether oxygens (including phenoxy) is 2. The van der Waals surface area contributed by atoms with Crippen LogP contribution in [0.3, 0.4) is 0 Å². The van der Waals surface area contributed by atoms with Crippen LogP contribution < -0.4 is 4.72 Å². The molecule has 2 heterocycles. The molecule has 0 spiro atoms. The Labute approximate surface area is 176 Å². The zero-order chi connectivity index (χ0) is 22.1. The number of esters is 2. The number of fused-ring (bicyclic) bond motifs is 3. The van der Waals surface area contributed by atoms with Crippen LogP contribution in [0.2, 0.25) is 0 Å². The van der Waals surface area contributed by atoms with Gasteiger partial charge in [0.25, 0.3) is 0 Å². The van der Waals surface area contributed by atoms with Crippen LogP contribution in [0.4, 0.5) is 5.69 Å². The maximum absolute atomic E-state index is 12.7. The highest BCUT2D eigenvalue weighted by Crippen LogP contribution is 2.31. The summed E-state index contributed by atoms with van der Waals surface area (Å²) in [5.74, 6) is -1.14. The van der Waals surface area contributed by atoms with E-state index in [9.17, 15) is 18.0 Å². The summed E-state index contributed by atoms with van der Waals surface area (Å²) in [5.41, 5.74) is 0.893. The summed E-state index contributed by atoms with van der Waals surface area (Å²) in [6, 6.07) is 2.83. The molecule has 0 bridgehead atoms. The Hall–Kier alpha value is -2.86. The number of carbonyl (C=O) groups excluding carboxylic acids is 2. The van der Waals surface area contributed by atoms with Gasteiger partial charge in [0.1, 0.15) is 16.6 Å². The van der Waals surface area contributed by atoms with E-state index in [1.165, 1.54) is 12.1 Å². The standard InChI is InChI=1S/C18H20N4O6S2/c1-5-27-18(24)16-15-14(21-29-16)11-6-10(22-30(4,25)26)7-12(13(11)19-20-15)17(23)28-8-9(2)3/h6-7,9,22H,5,8H2,1-4H3. The molecule has 0 atom stereocenters. The van der Waals surface area contributed by atoms with Crippen LogP contribution in [0.1, 0.15) is 40.8 Å². The summed E-state index contributed by atoms with van der Waals surface area (Å²) < 4.78 is 40.4. The van der Waals surface area contributed by atoms with Crippen molar-refractivity contribution in [1.29, 1.82) is 0 Å². The molecule has 10 nitrogen and oxygen atoms in total. The molecule has 0 saturated carbocycles. The molecule has 30 heavy (non-hydrogen) atoms. The van der Waals surface area contributed by atoms with E-state index in [2.05, 4.69) is 19.3 Å². The fourth-order valence-corrected chi connectivity index (χ4v) is 3.93. The third-order valence-electron chi connectivity index (χ3n) is 3.81. The summed E-state index contributed by atoms with van der Waals surface area (Å²) in [6.45, 7) is 5.84. The zero-order valence-corrected chi connectivity index (χ0v) is 18.4. The molecule has 0 aliphatic rings. The van der Waals surface area contributed by atoms with Crippen molar-refractivity contribution in [2.75, 3.05) is 24.2 Å². The van der Waals surface area contributed by atoms with E-state index >= 15 is 0 Å². The van der Waals surface area contributed by atoms with Crippen LogP contribution in [-0.4, -0.2) is 54.4 Å². The van der Waals surface area contributed by atoms with E-state index in [0.717, 1.165) is 17.8 Å². The molecular weight excluding hydrogens is 432 g/mol. The van der Waals surface area contributed by atoms with Crippen molar-refractivity contribution in [3.8, 4) is 0 Å². The van der Waals surface area contributed by atoms with Crippen LogP contribution in [0.25, 0.3) is 21.9 Å². The minimum absolute atomic E-state index is 0.0411. The van der Waals surface area contributed by atoms with Crippen molar-refractivity contribution in [3.05, 3.63) is 22.6 Å². The number of benzene rings is 1. The zero-order valence-electron chi connectivity index (χ0n) is 16.8. The van der Waals surface area contributed by atoms with E-state index in [0.29, 0.717) is 10.9 Å². The maximum Gasteiger partial charge on any atom is 0.352 e. The van der Waals surface area contributed by atoms with Gasteiger partial charge in [-0.15, -0.1) is 10.2 Å². The fraction of sp³-hybridized carbons (Fsp3) is 0.389. The second-order valence-corrected chi connectivity index (χ2v) is 9.44. The van der Waals surface area contributed by atoms with E-state index < -0.39 is 22.0 Å². The molecule has 0 aliphatic heterocycles. The summed E-state index contributed by atoms with van der Waals surface area (Å²) >= 11 is 0.891. The second kappa shape index (κ2) is 8.48. The smallest absolute Gasteiger partial charge is 0.352 e. The molecule has 2 aromatic heterocycles. The van der Waals surface area contributed by atoms with Gasteiger partial charge in [-0.3, -0.25) is 4.72 Å². The van der Waals surface area contributed by atoms with Crippen molar-refractivity contribution in [2.45, 2.75) is 20.8 Å². The van der Waals surface area contributed by atoms with Crippen molar-refractivity contribution in [3.63, 3.8) is 0 Å². The minimum Gasteiger partial charge on any atom is -0.462 e. The Morgan fingerprint density at radius 1 is 1.10 bits per heavy atom. The molecule has 3 aromatic rings. The Balaban J connectivity index is 2.22. The maximum atomic E-state index is 12.7. The Morgan fingerprint density at radius 2 is 1.80 bits per heavy atom. The van der Waals surface area contributed by atoms with E-state index in [-0.39, 0.29) is 46.3 Å². The van der Waals surface area contributed by atoms with Crippen molar-refractivity contribution in [2.24, 2.45) is 5.92 Å². The number of carbonyl (C=O) groups is 2. The number of rotatable bonds is 7. The molecule has 3 rings (SSSR count). The van der Waals surface area contributed by atoms with Crippen molar-refractivity contribution < 1.29 is 27.5 Å². The number of hydrogen-bond donors (Lipinski definition) is 1. The van der Waals surface area contributed by atoms with Gasteiger partial charge in [0.2, 0.25) is 10.0 Å². The van der Waals surface area contributed by atoms with Gasteiger partial charge in [-0.2, -0.15) is 4.37 Å². The number of sulfonamides is 1. The first-order valence-corrected chi connectivity index (χ1v) is 11.7. The molecule has 0 aliphatic carbocycles. The SMILES string of the molecule is CCOC(=O)c1snc2c1nnc1c(C(=O)OCC(C)C)cc(NS(C)(=O)=O)cc12. The van der Waals surface area contributed by atoms with Gasteiger partial charge < -0.3 is 9.47 Å². The second-order valence-electron chi connectivity index (χ2n) is 6.92. The topological polar surface area (TPSA) is 137 Å². The lowest BCUT2D eigenvalue weighted by molar-refractivity contribution is 0.0460. The molecule has 1 aromatic carbocycles. The largest absolute Gasteiger partial charge is 0.462 e. The Morgan fingerprint density at radius 3 is 2.43 bits per heavy atom. The molecular formula is C18H20N4O6S2. The highest BCUT2D eigenvalue weighted by atomic mass is 32.2. The number of nitrogens with zero attached hydrogens (tertiary/aromatic N) is 3. The molecule has 12 heteroatoms. The molecule has 0 amide bonds. The van der Waals surface area contributed by atoms with Gasteiger partial charge in [-0.1, -0.05) is 13.8 Å². The summed E-state index contributed by atoms with van der Waals surface area (Å²) in [4.78, 5) is 25.0. The van der Waals surface area contributed by atoms with Gasteiger partial charge in [0.15, 0.2) is 4.88 Å². The molecule has 160 valence electrons. The van der Waals surface area contributed by atoms with Crippen LogP contribution >= 0.6 is 11.5 Å². The first-order chi connectivity index (χ1) is 14.1. The lowest BCUT2D eigenvalue weighted by Gasteiger charge is -2.11. The van der Waals surface area contributed by atoms with E-state index in [1.54, 1.807) is 6.92 Å². The number of nitrogens with one attached hydrogen (secondary N) is 1. The molecule has 0 unspecified atom stereocenters. The number of aromatic nitrogens is 3. The van der Waals surface area contributed by atoms with E-state index in [1.807, 2.05) is 13.8 Å². The number of anilines is 1. The summed E-state index contributed by atoms with van der Waals surface area (Å²) in [7, 11) is -3.61. The highest BCUT2D eigenvalue weighted by Gasteiger charge is 2.23. The highest BCUT2D eigenvalue weighted by molar-refractivity contribution is 7.92. The number of hydrogen-bond acceptors (Lipinski definition) is 10. The summed E-state index contributed by atoms with van der Waals surface area (Å²) in [6.07, 6.45) is 0.996. The molecule has 1 N–H and O–H groups in total. The minimum atomic E-state index is -3.61. The van der Waals surface area contributed by atoms with Gasteiger partial charge in [-0.05, 0) is 36.5 Å². The van der Waals surface area contributed by atoms with Crippen LogP contribution in [-0.2, 0) is 19.5 Å². The van der Waals surface area contributed by atoms with Crippen molar-refractivity contribution >= 4 is 61.1 Å². The third-order valence-corrected chi connectivity index (χ3v) is 5.24. The average molecular weight is 453 g/mol. The van der Waals surface area contributed by atoms with Gasteiger partial charge in [-0.25, -0.2) is 18.0 Å². The Kier molecular flexibility index (Phi) is 6.17. The first kappa shape index (κ1) is 21.8. The lowest BCUT2D eigenvalue weighted by Crippen LogP contribution is -2.14. The normalized spacial score (nSPS) is 11.8. The molecule has 0 saturated heterocycles. The quantitative estimate of drug-likeness (QED) is 0.536. The van der Waals surface area contributed by atoms with Crippen LogP contribution in [0.5, 0.6) is 0 Å². The fourth-order valence-electron chi connectivity index (χ4n) is 2.66. The van der Waals surface area contributed by atoms with Gasteiger partial charge in [0.05, 0.1) is 30.7 Å². The predicted octanol–water partition coefficient (Wildman–Crippen LogP) is 2.60. The average Bonchev–Trinajstić information content (AvgIpc) is 3.09. The summed E-state index contributed by atoms with van der Waals surface area (Å²) in [5, 5.41) is 8.53. The van der Waals surface area contributed by atoms with Gasteiger partial charge in [0, 0.05) is 5.39 Å². The van der Waals surface area contributed by atoms with Gasteiger partial charge >= 0.3 is 11.9 Å². The first-order valence-electron chi connectivity index (χ1n) is 9.02. The monoisotopic (exact) mass is 452 g/mol. The predicted molar refractivity (Wildman–Crippen MR) is 112 cm³/mol. The van der Waals surface area contributed by atoms with Crippen LogP contribution in [0, 0.1) is 5.92 Å². The lowest BCUT2D eigenvalue weighted by atomic mass is 10.1. The Bertz CT molecular complexity index is 1240. The van der Waals surface area contributed by atoms with E-state index in [4.69, 9.17) is 9.47 Å². The third kappa shape index (κ3) is 4.65. The van der Waals surface area contributed by atoms with Crippen molar-refractivity contribution in [1.82, 2.24) is 14.6 Å². The molecule has 0 radical (unpaired) electrons. The van der Waals surface area contributed by atoms with Crippen LogP contribution in [0.15, 0.2) is 12.1 Å². The molecule has 0 fully saturated rings.